The van der Waals surface area contributed by atoms with E-state index in [1.54, 1.807) is 6.92 Å². The summed E-state index contributed by atoms with van der Waals surface area (Å²) < 4.78 is 0. The molecule has 5 heteroatoms. The fraction of sp³-hybridized carbons (Fsp3) is 0.500. The first-order valence-electron chi connectivity index (χ1n) is 7.16. The zero-order chi connectivity index (χ0) is 15.9. The quantitative estimate of drug-likeness (QED) is 0.317. The number of Topliss-reactive ketones (excluding diaryl/α,β-unsaturated/α-hetero) is 1. The molecule has 0 unspecified atom stereocenters. The van der Waals surface area contributed by atoms with E-state index < -0.39 is 0 Å². The van der Waals surface area contributed by atoms with Crippen LogP contribution in [0.15, 0.2) is 29.2 Å². The fourth-order valence-corrected chi connectivity index (χ4v) is 2.14. The largest absolute Gasteiger partial charge is 0.399 e. The highest BCUT2D eigenvalue weighted by Crippen LogP contribution is 2.17. The van der Waals surface area contributed by atoms with Gasteiger partial charge in [-0.05, 0) is 57.6 Å². The first kappa shape index (κ1) is 19.7. The first-order valence-corrected chi connectivity index (χ1v) is 8.14. The van der Waals surface area contributed by atoms with Gasteiger partial charge in [0.2, 0.25) is 0 Å². The zero-order valence-corrected chi connectivity index (χ0v) is 13.7. The molecule has 0 saturated carbocycles. The number of anilines is 1. The number of aldehydes is 1. The highest BCUT2D eigenvalue weighted by atomic mass is 32.2. The lowest BCUT2D eigenvalue weighted by atomic mass is 10.1. The molecule has 0 aliphatic heterocycles. The molecular formula is C16H26N2O2S. The molecule has 0 aromatic heterocycles. The summed E-state index contributed by atoms with van der Waals surface area (Å²) in [7, 11) is 1.95. The molecule has 0 heterocycles. The van der Waals surface area contributed by atoms with Gasteiger partial charge in [0.25, 0.3) is 0 Å². The maximum atomic E-state index is 10.5. The van der Waals surface area contributed by atoms with Crippen molar-refractivity contribution in [2.75, 3.05) is 25.1 Å². The summed E-state index contributed by atoms with van der Waals surface area (Å²) in [6.45, 7) is 2.72. The highest BCUT2D eigenvalue weighted by Gasteiger charge is 1.92. The van der Waals surface area contributed by atoms with E-state index in [0.29, 0.717) is 11.5 Å². The van der Waals surface area contributed by atoms with Crippen LogP contribution in [0.5, 0.6) is 0 Å². The Morgan fingerprint density at radius 1 is 1.24 bits per heavy atom. The van der Waals surface area contributed by atoms with Gasteiger partial charge in [0.05, 0.1) is 5.75 Å². The summed E-state index contributed by atoms with van der Waals surface area (Å²) in [6.07, 6.45) is 5.05. The number of unbranched alkanes of at least 4 members (excludes halogenated alkanes) is 2. The van der Waals surface area contributed by atoms with Gasteiger partial charge in [0, 0.05) is 17.0 Å². The molecule has 0 fully saturated rings. The zero-order valence-electron chi connectivity index (χ0n) is 12.9. The van der Waals surface area contributed by atoms with E-state index >= 15 is 0 Å². The maximum Gasteiger partial charge on any atom is 0.130 e. The van der Waals surface area contributed by atoms with E-state index in [2.05, 4.69) is 5.32 Å². The Labute approximate surface area is 131 Å². The Hall–Kier alpha value is -1.33. The van der Waals surface area contributed by atoms with Crippen LogP contribution in [-0.2, 0) is 9.59 Å². The number of hydrogen-bond acceptors (Lipinski definition) is 5. The SMILES string of the molecule is CNCCCCCC(C)=O.Nc1ccc(SCC=O)cc1. The monoisotopic (exact) mass is 310 g/mol. The van der Waals surface area contributed by atoms with E-state index in [4.69, 9.17) is 5.73 Å². The van der Waals surface area contributed by atoms with Gasteiger partial charge in [-0.25, -0.2) is 0 Å². The number of nitrogen functional groups attached to an aromatic ring is 1. The minimum atomic E-state index is 0.310. The second kappa shape index (κ2) is 13.6. The van der Waals surface area contributed by atoms with Crippen molar-refractivity contribution in [2.45, 2.75) is 37.5 Å². The van der Waals surface area contributed by atoms with E-state index in [0.717, 1.165) is 36.3 Å². The van der Waals surface area contributed by atoms with E-state index in [-0.39, 0.29) is 0 Å². The number of carbonyl (C=O) groups is 2. The summed E-state index contributed by atoms with van der Waals surface area (Å²) in [5.74, 6) is 0.814. The Morgan fingerprint density at radius 3 is 2.43 bits per heavy atom. The molecule has 0 aliphatic rings. The molecule has 0 atom stereocenters. The van der Waals surface area contributed by atoms with Crippen LogP contribution in [0.4, 0.5) is 5.69 Å². The van der Waals surface area contributed by atoms with Gasteiger partial charge in [0.1, 0.15) is 12.1 Å². The van der Waals surface area contributed by atoms with Crippen LogP contribution < -0.4 is 11.1 Å². The molecule has 0 radical (unpaired) electrons. The van der Waals surface area contributed by atoms with Crippen molar-refractivity contribution in [1.82, 2.24) is 5.32 Å². The minimum absolute atomic E-state index is 0.310. The molecule has 0 bridgehead atoms. The molecule has 1 aromatic carbocycles. The standard InChI is InChI=1S/C8H9NOS.C8H17NO/c9-7-1-3-8(4-2-7)11-6-5-10;1-8(10)6-4-3-5-7-9-2/h1-5H,6,9H2;9H,3-7H2,1-2H3. The summed E-state index contributed by atoms with van der Waals surface area (Å²) in [4.78, 5) is 21.5. The van der Waals surface area contributed by atoms with Crippen LogP contribution in [0, 0.1) is 0 Å². The lowest BCUT2D eigenvalue weighted by Crippen LogP contribution is -2.07. The van der Waals surface area contributed by atoms with Crippen LogP contribution in [0.2, 0.25) is 0 Å². The predicted molar refractivity (Wildman–Crippen MR) is 90.7 cm³/mol. The number of ketones is 1. The topological polar surface area (TPSA) is 72.2 Å². The smallest absolute Gasteiger partial charge is 0.130 e. The van der Waals surface area contributed by atoms with Crippen molar-refractivity contribution in [3.63, 3.8) is 0 Å². The molecular weight excluding hydrogens is 284 g/mol. The van der Waals surface area contributed by atoms with Crippen LogP contribution in [0.25, 0.3) is 0 Å². The minimum Gasteiger partial charge on any atom is -0.399 e. The second-order valence-electron chi connectivity index (χ2n) is 4.66. The summed E-state index contributed by atoms with van der Waals surface area (Å²) >= 11 is 1.51. The van der Waals surface area contributed by atoms with Gasteiger partial charge in [-0.3, -0.25) is 0 Å². The van der Waals surface area contributed by atoms with E-state index in [1.165, 1.54) is 24.6 Å². The van der Waals surface area contributed by atoms with Crippen LogP contribution in [-0.4, -0.2) is 31.4 Å². The number of carbonyl (C=O) groups excluding carboxylic acids is 2. The van der Waals surface area contributed by atoms with Crippen molar-refractivity contribution in [3.05, 3.63) is 24.3 Å². The van der Waals surface area contributed by atoms with Crippen molar-refractivity contribution in [2.24, 2.45) is 0 Å². The summed E-state index contributed by atoms with van der Waals surface area (Å²) in [6, 6.07) is 7.47. The van der Waals surface area contributed by atoms with Crippen molar-refractivity contribution < 1.29 is 9.59 Å². The molecule has 1 rings (SSSR count). The molecule has 4 nitrogen and oxygen atoms in total. The number of benzene rings is 1. The number of hydrogen-bond donors (Lipinski definition) is 2. The number of rotatable bonds is 9. The fourth-order valence-electron chi connectivity index (χ4n) is 1.55. The summed E-state index contributed by atoms with van der Waals surface area (Å²) in [5, 5.41) is 3.07. The number of thioether (sulfide) groups is 1. The molecule has 21 heavy (non-hydrogen) atoms. The van der Waals surface area contributed by atoms with Gasteiger partial charge in [0.15, 0.2) is 0 Å². The van der Waals surface area contributed by atoms with Crippen LogP contribution in [0.3, 0.4) is 0 Å². The highest BCUT2D eigenvalue weighted by molar-refractivity contribution is 7.99. The van der Waals surface area contributed by atoms with Gasteiger partial charge < -0.3 is 20.6 Å². The summed E-state index contributed by atoms with van der Waals surface area (Å²) in [5.41, 5.74) is 6.23. The average Bonchev–Trinajstić information content (AvgIpc) is 2.47. The van der Waals surface area contributed by atoms with Crippen molar-refractivity contribution in [1.29, 1.82) is 0 Å². The van der Waals surface area contributed by atoms with Gasteiger partial charge in [-0.1, -0.05) is 6.42 Å². The van der Waals surface area contributed by atoms with Crippen LogP contribution in [0.1, 0.15) is 32.6 Å². The molecule has 0 amide bonds. The molecule has 0 spiro atoms. The van der Waals surface area contributed by atoms with E-state index in [9.17, 15) is 9.59 Å². The Kier molecular flexibility index (Phi) is 12.8. The molecule has 3 N–H and O–H groups in total. The molecule has 0 aliphatic carbocycles. The van der Waals surface area contributed by atoms with Crippen molar-refractivity contribution >= 4 is 29.5 Å². The lowest BCUT2D eigenvalue weighted by Gasteiger charge is -1.97. The molecule has 0 saturated heterocycles. The maximum absolute atomic E-state index is 10.5. The Balaban J connectivity index is 0.000000384. The van der Waals surface area contributed by atoms with Gasteiger partial charge in [-0.2, -0.15) is 0 Å². The Morgan fingerprint density at radius 2 is 1.90 bits per heavy atom. The van der Waals surface area contributed by atoms with Gasteiger partial charge in [-0.15, -0.1) is 11.8 Å². The molecule has 1 aromatic rings. The van der Waals surface area contributed by atoms with Crippen LogP contribution >= 0.6 is 11.8 Å². The third-order valence-electron chi connectivity index (χ3n) is 2.65. The van der Waals surface area contributed by atoms with Gasteiger partial charge >= 0.3 is 0 Å². The van der Waals surface area contributed by atoms with E-state index in [1.807, 2.05) is 31.3 Å². The Bertz CT molecular complexity index is 394. The average molecular weight is 310 g/mol. The molecule has 118 valence electrons. The van der Waals surface area contributed by atoms with Crippen molar-refractivity contribution in [3.8, 4) is 0 Å². The lowest BCUT2D eigenvalue weighted by molar-refractivity contribution is -0.117. The normalized spacial score (nSPS) is 9.62. The number of nitrogens with two attached hydrogens (primary N) is 1. The predicted octanol–water partition coefficient (Wildman–Crippen LogP) is 2.92. The first-order chi connectivity index (χ1) is 10.1. The third kappa shape index (κ3) is 13.4. The third-order valence-corrected chi connectivity index (χ3v) is 3.56. The number of nitrogens with one attached hydrogen (secondary N) is 1. The second-order valence-corrected chi connectivity index (χ2v) is 5.76.